The number of esters is 1. The Hall–Kier alpha value is -1.88. The summed E-state index contributed by atoms with van der Waals surface area (Å²) in [4.78, 5) is 27.4. The van der Waals surface area contributed by atoms with Gasteiger partial charge in [0.1, 0.15) is 5.54 Å². The van der Waals surface area contributed by atoms with Gasteiger partial charge in [0.05, 0.1) is 12.5 Å². The summed E-state index contributed by atoms with van der Waals surface area (Å²) in [6.07, 6.45) is 2.51. The molecule has 116 valence electrons. The third-order valence-electron chi connectivity index (χ3n) is 5.36. The Morgan fingerprint density at radius 2 is 2.27 bits per heavy atom. The van der Waals surface area contributed by atoms with Crippen molar-refractivity contribution >= 4 is 17.6 Å². The van der Waals surface area contributed by atoms with Crippen molar-refractivity contribution in [2.45, 2.75) is 37.8 Å². The van der Waals surface area contributed by atoms with E-state index in [0.717, 1.165) is 30.6 Å². The van der Waals surface area contributed by atoms with E-state index in [9.17, 15) is 9.59 Å². The SMILES string of the molecule is CCOC(=O)[C@H]1C[C@]2(C(=O)Nc3ccccc32)N2CCC[C@@H]12. The van der Waals surface area contributed by atoms with Crippen molar-refractivity contribution in [3.63, 3.8) is 0 Å². The minimum absolute atomic E-state index is 0.00685. The number of carbonyl (C=O) groups is 2. The molecule has 2 fully saturated rings. The predicted molar refractivity (Wildman–Crippen MR) is 81.2 cm³/mol. The molecule has 5 heteroatoms. The fourth-order valence-corrected chi connectivity index (χ4v) is 4.53. The molecule has 0 bridgehead atoms. The Morgan fingerprint density at radius 3 is 3.09 bits per heavy atom. The molecule has 1 spiro atoms. The normalized spacial score (nSPS) is 32.9. The molecule has 22 heavy (non-hydrogen) atoms. The van der Waals surface area contributed by atoms with Gasteiger partial charge in [-0.25, -0.2) is 0 Å². The lowest BCUT2D eigenvalue weighted by molar-refractivity contribution is -0.148. The number of amides is 1. The van der Waals surface area contributed by atoms with E-state index >= 15 is 0 Å². The number of nitrogens with zero attached hydrogens (tertiary/aromatic N) is 1. The molecule has 3 aliphatic heterocycles. The van der Waals surface area contributed by atoms with Gasteiger partial charge in [0, 0.05) is 17.3 Å². The van der Waals surface area contributed by atoms with Gasteiger partial charge >= 0.3 is 5.97 Å². The van der Waals surface area contributed by atoms with Crippen LogP contribution in [0.2, 0.25) is 0 Å². The first kappa shape index (κ1) is 13.8. The highest BCUT2D eigenvalue weighted by Crippen LogP contribution is 2.54. The van der Waals surface area contributed by atoms with Crippen molar-refractivity contribution < 1.29 is 14.3 Å². The van der Waals surface area contributed by atoms with E-state index in [4.69, 9.17) is 4.74 Å². The van der Waals surface area contributed by atoms with Crippen LogP contribution in [0.1, 0.15) is 31.7 Å². The number of ether oxygens (including phenoxy) is 1. The molecule has 5 nitrogen and oxygen atoms in total. The van der Waals surface area contributed by atoms with Gasteiger partial charge in [0.15, 0.2) is 0 Å². The van der Waals surface area contributed by atoms with Gasteiger partial charge in [0.2, 0.25) is 5.91 Å². The van der Waals surface area contributed by atoms with Crippen LogP contribution in [0.5, 0.6) is 0 Å². The molecule has 0 saturated carbocycles. The molecule has 0 radical (unpaired) electrons. The van der Waals surface area contributed by atoms with Gasteiger partial charge in [-0.2, -0.15) is 0 Å². The Bertz CT molecular complexity index is 645. The second-order valence-corrected chi connectivity index (χ2v) is 6.33. The summed E-state index contributed by atoms with van der Waals surface area (Å²) in [6.45, 7) is 3.08. The van der Waals surface area contributed by atoms with Crippen molar-refractivity contribution in [1.82, 2.24) is 4.90 Å². The summed E-state index contributed by atoms with van der Waals surface area (Å²) in [5.74, 6) is -0.361. The zero-order valence-electron chi connectivity index (χ0n) is 12.7. The quantitative estimate of drug-likeness (QED) is 0.847. The average Bonchev–Trinajstić information content (AvgIpc) is 3.16. The Labute approximate surface area is 129 Å². The van der Waals surface area contributed by atoms with Crippen LogP contribution >= 0.6 is 0 Å². The van der Waals surface area contributed by atoms with Crippen LogP contribution < -0.4 is 5.32 Å². The van der Waals surface area contributed by atoms with Crippen molar-refractivity contribution in [2.24, 2.45) is 5.92 Å². The highest BCUT2D eigenvalue weighted by Gasteiger charge is 2.63. The Kier molecular flexibility index (Phi) is 3.01. The van der Waals surface area contributed by atoms with Gasteiger partial charge in [-0.3, -0.25) is 14.5 Å². The summed E-state index contributed by atoms with van der Waals surface area (Å²) in [6, 6.07) is 7.96. The number of nitrogens with one attached hydrogen (secondary N) is 1. The number of benzene rings is 1. The number of carbonyl (C=O) groups excluding carboxylic acids is 2. The standard InChI is InChI=1S/C17H20N2O3/c1-2-22-15(20)11-10-17(19-9-5-8-14(11)19)12-6-3-4-7-13(12)18-16(17)21/h3-4,6-7,11,14H,2,5,8-10H2,1H3,(H,18,21)/t11-,14-,17-/m0/s1. The summed E-state index contributed by atoms with van der Waals surface area (Å²) >= 11 is 0. The maximum Gasteiger partial charge on any atom is 0.310 e. The van der Waals surface area contributed by atoms with E-state index in [0.29, 0.717) is 13.0 Å². The summed E-state index contributed by atoms with van der Waals surface area (Å²) in [5, 5.41) is 3.00. The van der Waals surface area contributed by atoms with Gasteiger partial charge in [-0.1, -0.05) is 18.2 Å². The molecular weight excluding hydrogens is 280 g/mol. The molecule has 3 atom stereocenters. The summed E-state index contributed by atoms with van der Waals surface area (Å²) < 4.78 is 5.26. The second kappa shape index (κ2) is 4.81. The van der Waals surface area contributed by atoms with Crippen molar-refractivity contribution in [1.29, 1.82) is 0 Å². The molecule has 1 aromatic rings. The number of hydrogen-bond acceptors (Lipinski definition) is 4. The van der Waals surface area contributed by atoms with Crippen molar-refractivity contribution in [2.75, 3.05) is 18.5 Å². The molecule has 1 amide bonds. The number of fused-ring (bicyclic) bond motifs is 4. The molecule has 3 aliphatic rings. The summed E-state index contributed by atoms with van der Waals surface area (Å²) in [5.41, 5.74) is 1.20. The van der Waals surface area contributed by atoms with Crippen LogP contribution in [-0.2, 0) is 19.9 Å². The molecule has 1 N–H and O–H groups in total. The smallest absolute Gasteiger partial charge is 0.310 e. The molecule has 2 saturated heterocycles. The highest BCUT2D eigenvalue weighted by molar-refractivity contribution is 6.06. The predicted octanol–water partition coefficient (Wildman–Crippen LogP) is 1.88. The Balaban J connectivity index is 1.79. The first-order chi connectivity index (χ1) is 10.7. The maximum atomic E-state index is 12.8. The molecular formula is C17H20N2O3. The van der Waals surface area contributed by atoms with Gasteiger partial charge in [-0.05, 0) is 38.8 Å². The van der Waals surface area contributed by atoms with Crippen molar-refractivity contribution in [3.8, 4) is 0 Å². The lowest BCUT2D eigenvalue weighted by atomic mass is 9.84. The highest BCUT2D eigenvalue weighted by atomic mass is 16.5. The van der Waals surface area contributed by atoms with Gasteiger partial charge < -0.3 is 10.1 Å². The van der Waals surface area contributed by atoms with E-state index in [-0.39, 0.29) is 23.8 Å². The lowest BCUT2D eigenvalue weighted by Crippen LogP contribution is -2.47. The van der Waals surface area contributed by atoms with E-state index in [1.807, 2.05) is 31.2 Å². The topological polar surface area (TPSA) is 58.6 Å². The molecule has 3 heterocycles. The fourth-order valence-electron chi connectivity index (χ4n) is 4.53. The van der Waals surface area contributed by atoms with Crippen molar-refractivity contribution in [3.05, 3.63) is 29.8 Å². The largest absolute Gasteiger partial charge is 0.466 e. The van der Waals surface area contributed by atoms with Crippen LogP contribution in [0.4, 0.5) is 5.69 Å². The first-order valence-electron chi connectivity index (χ1n) is 8.03. The lowest BCUT2D eigenvalue weighted by Gasteiger charge is -2.32. The summed E-state index contributed by atoms with van der Waals surface area (Å²) in [7, 11) is 0. The maximum absolute atomic E-state index is 12.8. The van der Waals surface area contributed by atoms with Crippen LogP contribution in [0.15, 0.2) is 24.3 Å². The second-order valence-electron chi connectivity index (χ2n) is 6.33. The molecule has 0 aromatic heterocycles. The molecule has 4 rings (SSSR count). The van der Waals surface area contributed by atoms with Crippen LogP contribution in [-0.4, -0.2) is 36.0 Å². The first-order valence-corrected chi connectivity index (χ1v) is 8.03. The fraction of sp³-hybridized carbons (Fsp3) is 0.529. The van der Waals surface area contributed by atoms with E-state index < -0.39 is 5.54 Å². The van der Waals surface area contributed by atoms with Gasteiger partial charge in [-0.15, -0.1) is 0 Å². The zero-order valence-corrected chi connectivity index (χ0v) is 12.7. The monoisotopic (exact) mass is 300 g/mol. The Morgan fingerprint density at radius 1 is 1.45 bits per heavy atom. The number of anilines is 1. The minimum atomic E-state index is -0.685. The third-order valence-corrected chi connectivity index (χ3v) is 5.36. The molecule has 0 aliphatic carbocycles. The van der Waals surface area contributed by atoms with E-state index in [2.05, 4.69) is 10.2 Å². The number of hydrogen-bond donors (Lipinski definition) is 1. The van der Waals surface area contributed by atoms with Crippen LogP contribution in [0, 0.1) is 5.92 Å². The zero-order chi connectivity index (χ0) is 15.3. The number of para-hydroxylation sites is 1. The number of rotatable bonds is 2. The van der Waals surface area contributed by atoms with Gasteiger partial charge in [0.25, 0.3) is 0 Å². The van der Waals surface area contributed by atoms with Crippen LogP contribution in [0.25, 0.3) is 0 Å². The molecule has 1 aromatic carbocycles. The minimum Gasteiger partial charge on any atom is -0.466 e. The van der Waals surface area contributed by atoms with E-state index in [1.54, 1.807) is 0 Å². The van der Waals surface area contributed by atoms with Crippen LogP contribution in [0.3, 0.4) is 0 Å². The third kappa shape index (κ3) is 1.63. The van der Waals surface area contributed by atoms with E-state index in [1.165, 1.54) is 0 Å². The average molecular weight is 300 g/mol. The molecule has 0 unspecified atom stereocenters.